The molecular weight excluding hydrogens is 338 g/mol. The molecule has 1 aromatic carbocycles. The molecule has 0 saturated heterocycles. The molecular formula is C19H20ClN3S. The topological polar surface area (TPSA) is 41.6 Å². The number of nitrogens with zero attached hydrogens (tertiary/aromatic N) is 3. The van der Waals surface area contributed by atoms with Gasteiger partial charge >= 0.3 is 0 Å². The predicted molar refractivity (Wildman–Crippen MR) is 102 cm³/mol. The summed E-state index contributed by atoms with van der Waals surface area (Å²) in [6.45, 7) is 8.52. The van der Waals surface area contributed by atoms with E-state index in [0.717, 1.165) is 16.3 Å². The molecule has 0 unspecified atom stereocenters. The van der Waals surface area contributed by atoms with Crippen LogP contribution < -0.4 is 0 Å². The first-order valence-electron chi connectivity index (χ1n) is 7.59. The first-order valence-corrected chi connectivity index (χ1v) is 8.47. The molecule has 0 bridgehead atoms. The van der Waals surface area contributed by atoms with Gasteiger partial charge in [0.05, 0.1) is 18.2 Å². The Morgan fingerprint density at radius 2 is 1.88 bits per heavy atom. The highest BCUT2D eigenvalue weighted by molar-refractivity contribution is 7.10. The van der Waals surface area contributed by atoms with Crippen LogP contribution in [0, 0.1) is 39.0 Å². The third kappa shape index (κ3) is 3.24. The monoisotopic (exact) mass is 357 g/mol. The zero-order chi connectivity index (χ0) is 16.6. The third-order valence-corrected chi connectivity index (χ3v) is 5.09. The lowest BCUT2D eigenvalue weighted by Gasteiger charge is -2.12. The summed E-state index contributed by atoms with van der Waals surface area (Å²) in [5, 5.41) is 11.7. The number of aryl methyl sites for hydroxylation is 3. The van der Waals surface area contributed by atoms with Gasteiger partial charge in [-0.1, -0.05) is 6.07 Å². The van der Waals surface area contributed by atoms with Crippen LogP contribution in [0.5, 0.6) is 0 Å². The predicted octanol–water partition coefficient (Wildman–Crippen LogP) is 5.32. The SMILES string of the molecule is Cc1ccc(-n2c(C)cc(-c3csc(CC#N)n3)c2C)cc1C.Cl. The maximum absolute atomic E-state index is 8.81. The summed E-state index contributed by atoms with van der Waals surface area (Å²) < 4.78 is 2.27. The Kier molecular flexibility index (Phi) is 5.48. The molecule has 124 valence electrons. The fraction of sp³-hybridized carbons (Fsp3) is 0.263. The minimum absolute atomic E-state index is 0. The Morgan fingerprint density at radius 3 is 2.54 bits per heavy atom. The molecule has 0 fully saturated rings. The second-order valence-corrected chi connectivity index (χ2v) is 6.79. The van der Waals surface area contributed by atoms with Crippen molar-refractivity contribution in [1.29, 1.82) is 5.26 Å². The molecule has 2 aromatic heterocycles. The van der Waals surface area contributed by atoms with Crippen LogP contribution in [0.3, 0.4) is 0 Å². The van der Waals surface area contributed by atoms with Crippen molar-refractivity contribution in [3.05, 3.63) is 57.2 Å². The standard InChI is InChI=1S/C19H19N3S.ClH/c1-12-5-6-16(9-13(12)2)22-14(3)10-17(15(22)4)18-11-23-19(21-18)7-8-20;/h5-6,9-11H,7H2,1-4H3;1H. The van der Waals surface area contributed by atoms with Gasteiger partial charge in [-0.15, -0.1) is 23.7 Å². The lowest BCUT2D eigenvalue weighted by molar-refractivity contribution is 0.962. The van der Waals surface area contributed by atoms with E-state index in [4.69, 9.17) is 5.26 Å². The van der Waals surface area contributed by atoms with Crippen LogP contribution in [0.4, 0.5) is 0 Å². The maximum atomic E-state index is 8.81. The summed E-state index contributed by atoms with van der Waals surface area (Å²) in [5.41, 5.74) is 8.25. The number of benzene rings is 1. The van der Waals surface area contributed by atoms with Crippen molar-refractivity contribution in [1.82, 2.24) is 9.55 Å². The van der Waals surface area contributed by atoms with Crippen molar-refractivity contribution in [2.75, 3.05) is 0 Å². The number of halogens is 1. The highest BCUT2D eigenvalue weighted by Gasteiger charge is 2.15. The van der Waals surface area contributed by atoms with Crippen LogP contribution in [-0.4, -0.2) is 9.55 Å². The zero-order valence-corrected chi connectivity index (χ0v) is 15.9. The van der Waals surface area contributed by atoms with Crippen LogP contribution in [0.2, 0.25) is 0 Å². The molecule has 0 N–H and O–H groups in total. The minimum Gasteiger partial charge on any atom is -0.318 e. The summed E-state index contributed by atoms with van der Waals surface area (Å²) in [7, 11) is 0. The van der Waals surface area contributed by atoms with Gasteiger partial charge in [0.15, 0.2) is 0 Å². The number of nitriles is 1. The zero-order valence-electron chi connectivity index (χ0n) is 14.3. The smallest absolute Gasteiger partial charge is 0.107 e. The molecule has 2 heterocycles. The van der Waals surface area contributed by atoms with Gasteiger partial charge in [0.25, 0.3) is 0 Å². The molecule has 0 radical (unpaired) electrons. The third-order valence-electron chi connectivity index (χ3n) is 4.24. The van der Waals surface area contributed by atoms with E-state index in [1.807, 2.05) is 5.38 Å². The van der Waals surface area contributed by atoms with Crippen LogP contribution in [0.1, 0.15) is 27.5 Å². The number of rotatable bonds is 3. The fourth-order valence-corrected chi connectivity index (χ4v) is 3.59. The Morgan fingerprint density at radius 1 is 1.12 bits per heavy atom. The number of thiazole rings is 1. The Hall–Kier alpha value is -2.09. The normalized spacial score (nSPS) is 10.3. The van der Waals surface area contributed by atoms with Gasteiger partial charge in [-0.25, -0.2) is 4.98 Å². The maximum Gasteiger partial charge on any atom is 0.107 e. The fourth-order valence-electron chi connectivity index (χ4n) is 2.87. The highest BCUT2D eigenvalue weighted by atomic mass is 35.5. The van der Waals surface area contributed by atoms with E-state index >= 15 is 0 Å². The minimum atomic E-state index is 0. The lowest BCUT2D eigenvalue weighted by Crippen LogP contribution is -2.00. The van der Waals surface area contributed by atoms with Crippen molar-refractivity contribution >= 4 is 23.7 Å². The van der Waals surface area contributed by atoms with Gasteiger partial charge < -0.3 is 4.57 Å². The molecule has 3 rings (SSSR count). The van der Waals surface area contributed by atoms with E-state index in [9.17, 15) is 0 Å². The van der Waals surface area contributed by atoms with Crippen molar-refractivity contribution < 1.29 is 0 Å². The first kappa shape index (κ1) is 18.3. The second-order valence-electron chi connectivity index (χ2n) is 5.85. The van der Waals surface area contributed by atoms with E-state index in [2.05, 4.69) is 67.6 Å². The number of aromatic nitrogens is 2. The quantitative estimate of drug-likeness (QED) is 0.636. The van der Waals surface area contributed by atoms with Crippen molar-refractivity contribution in [2.45, 2.75) is 34.1 Å². The van der Waals surface area contributed by atoms with Crippen molar-refractivity contribution in [3.8, 4) is 23.0 Å². The van der Waals surface area contributed by atoms with Crippen molar-refractivity contribution in [3.63, 3.8) is 0 Å². The summed E-state index contributed by atoms with van der Waals surface area (Å²) in [5.74, 6) is 0. The van der Waals surface area contributed by atoms with E-state index in [0.29, 0.717) is 6.42 Å². The average Bonchev–Trinajstić information content (AvgIpc) is 3.07. The molecule has 0 amide bonds. The van der Waals surface area contributed by atoms with Gasteiger partial charge in [-0.05, 0) is 57.0 Å². The molecule has 24 heavy (non-hydrogen) atoms. The summed E-state index contributed by atoms with van der Waals surface area (Å²) in [4.78, 5) is 4.59. The van der Waals surface area contributed by atoms with Gasteiger partial charge in [-0.3, -0.25) is 0 Å². The Bertz CT molecular complexity index is 915. The van der Waals surface area contributed by atoms with E-state index in [-0.39, 0.29) is 12.4 Å². The molecule has 3 aromatic rings. The van der Waals surface area contributed by atoms with Gasteiger partial charge in [-0.2, -0.15) is 5.26 Å². The Labute approximate surface area is 153 Å². The molecule has 5 heteroatoms. The molecule has 0 atom stereocenters. The van der Waals surface area contributed by atoms with Crippen LogP contribution >= 0.6 is 23.7 Å². The second kappa shape index (κ2) is 7.21. The number of hydrogen-bond donors (Lipinski definition) is 0. The average molecular weight is 358 g/mol. The number of hydrogen-bond acceptors (Lipinski definition) is 3. The lowest BCUT2D eigenvalue weighted by atomic mass is 10.1. The van der Waals surface area contributed by atoms with E-state index in [1.165, 1.54) is 28.2 Å². The molecule has 0 aliphatic carbocycles. The van der Waals surface area contributed by atoms with Crippen LogP contribution in [0.15, 0.2) is 29.6 Å². The van der Waals surface area contributed by atoms with Crippen LogP contribution in [0.25, 0.3) is 16.9 Å². The first-order chi connectivity index (χ1) is 11.0. The molecule has 0 saturated carbocycles. The molecule has 0 spiro atoms. The van der Waals surface area contributed by atoms with E-state index < -0.39 is 0 Å². The molecule has 3 nitrogen and oxygen atoms in total. The highest BCUT2D eigenvalue weighted by Crippen LogP contribution is 2.30. The van der Waals surface area contributed by atoms with Gasteiger partial charge in [0.1, 0.15) is 5.01 Å². The van der Waals surface area contributed by atoms with E-state index in [1.54, 1.807) is 11.3 Å². The Balaban J connectivity index is 0.00000208. The molecule has 0 aliphatic rings. The molecule has 0 aliphatic heterocycles. The van der Waals surface area contributed by atoms with Gasteiger partial charge in [0.2, 0.25) is 0 Å². The summed E-state index contributed by atoms with van der Waals surface area (Å²) >= 11 is 1.55. The summed E-state index contributed by atoms with van der Waals surface area (Å²) in [6, 6.07) is 10.9. The summed E-state index contributed by atoms with van der Waals surface area (Å²) in [6.07, 6.45) is 0.376. The van der Waals surface area contributed by atoms with Crippen LogP contribution in [-0.2, 0) is 6.42 Å². The van der Waals surface area contributed by atoms with Crippen molar-refractivity contribution in [2.24, 2.45) is 0 Å². The largest absolute Gasteiger partial charge is 0.318 e. The van der Waals surface area contributed by atoms with Gasteiger partial charge in [0, 0.05) is 28.0 Å².